The Hall–Kier alpha value is 0. The third-order valence-electron chi connectivity index (χ3n) is 5.23. The van der Waals surface area contributed by atoms with Gasteiger partial charge in [-0.15, -0.1) is 0 Å². The minimum atomic E-state index is 0.684. The zero-order valence-electron chi connectivity index (χ0n) is 9.19. The minimum absolute atomic E-state index is 0.684. The van der Waals surface area contributed by atoms with Crippen molar-refractivity contribution in [2.24, 2.45) is 22.7 Å². The van der Waals surface area contributed by atoms with Crippen molar-refractivity contribution >= 4 is 0 Å². The fourth-order valence-electron chi connectivity index (χ4n) is 4.97. The molecule has 4 atom stereocenters. The molecule has 4 aliphatic carbocycles. The van der Waals surface area contributed by atoms with Crippen LogP contribution in [0.5, 0.6) is 0 Å². The van der Waals surface area contributed by atoms with Crippen LogP contribution in [0, 0.1) is 28.6 Å². The van der Waals surface area contributed by atoms with E-state index in [0.29, 0.717) is 10.8 Å². The van der Waals surface area contributed by atoms with Gasteiger partial charge in [0.1, 0.15) is 0 Å². The molecule has 0 spiro atoms. The highest BCUT2D eigenvalue weighted by molar-refractivity contribution is 5.19. The topological polar surface area (TPSA) is 0 Å². The second-order valence-electron chi connectivity index (χ2n) is 6.68. The van der Waals surface area contributed by atoms with Crippen molar-refractivity contribution in [1.82, 2.24) is 0 Å². The normalized spacial score (nSPS) is 60.2. The van der Waals surface area contributed by atoms with Gasteiger partial charge >= 0.3 is 0 Å². The maximum Gasteiger partial charge on any atom is -0.0199 e. The summed E-state index contributed by atoms with van der Waals surface area (Å²) in [5.74, 6) is 3.90. The highest BCUT2D eigenvalue weighted by Crippen LogP contribution is 2.67. The van der Waals surface area contributed by atoms with Crippen LogP contribution in [0.4, 0.5) is 0 Å². The summed E-state index contributed by atoms with van der Waals surface area (Å²) >= 11 is 0. The molecule has 0 heteroatoms. The van der Waals surface area contributed by atoms with Crippen molar-refractivity contribution in [3.8, 4) is 0 Å². The van der Waals surface area contributed by atoms with Crippen molar-refractivity contribution in [3.05, 3.63) is 5.92 Å². The Labute approximate surface area is 82.1 Å². The third kappa shape index (κ3) is 0.980. The van der Waals surface area contributed by atoms with Gasteiger partial charge in [0.25, 0.3) is 0 Å². The van der Waals surface area contributed by atoms with Crippen LogP contribution in [0.25, 0.3) is 0 Å². The minimum Gasteiger partial charge on any atom is -0.0614 e. The summed E-state index contributed by atoms with van der Waals surface area (Å²) in [6.07, 6.45) is 7.49. The fourth-order valence-corrected chi connectivity index (χ4v) is 4.97. The van der Waals surface area contributed by atoms with Crippen LogP contribution in [-0.4, -0.2) is 0 Å². The summed E-state index contributed by atoms with van der Waals surface area (Å²) in [6.45, 7) is 7.55. The van der Waals surface area contributed by atoms with Crippen LogP contribution >= 0.6 is 0 Å². The van der Waals surface area contributed by atoms with E-state index in [2.05, 4.69) is 20.8 Å². The van der Waals surface area contributed by atoms with Crippen molar-refractivity contribution in [1.29, 1.82) is 0 Å². The molecule has 0 nitrogen and oxygen atoms in total. The lowest BCUT2D eigenvalue weighted by Gasteiger charge is -2.63. The van der Waals surface area contributed by atoms with Crippen LogP contribution in [0.15, 0.2) is 0 Å². The maximum atomic E-state index is 2.54. The van der Waals surface area contributed by atoms with Gasteiger partial charge in [-0.05, 0) is 60.7 Å². The molecular weight excluding hydrogens is 156 g/mol. The van der Waals surface area contributed by atoms with Gasteiger partial charge in [0.2, 0.25) is 0 Å². The van der Waals surface area contributed by atoms with Crippen molar-refractivity contribution in [2.45, 2.75) is 52.9 Å². The summed E-state index contributed by atoms with van der Waals surface area (Å²) in [7, 11) is 0. The molecule has 4 fully saturated rings. The zero-order valence-corrected chi connectivity index (χ0v) is 9.19. The van der Waals surface area contributed by atoms with Gasteiger partial charge in [-0.25, -0.2) is 0 Å². The van der Waals surface area contributed by atoms with E-state index in [-0.39, 0.29) is 0 Å². The smallest absolute Gasteiger partial charge is 0.0199 e. The molecule has 4 aliphatic rings. The molecule has 73 valence electrons. The monoisotopic (exact) mass is 177 g/mol. The van der Waals surface area contributed by atoms with Crippen molar-refractivity contribution < 1.29 is 0 Å². The highest BCUT2D eigenvalue weighted by Gasteiger charge is 2.57. The molecule has 0 saturated heterocycles. The van der Waals surface area contributed by atoms with Gasteiger partial charge < -0.3 is 0 Å². The predicted molar refractivity (Wildman–Crippen MR) is 55.2 cm³/mol. The summed E-state index contributed by atoms with van der Waals surface area (Å²) in [5.41, 5.74) is 1.39. The molecule has 0 heterocycles. The van der Waals surface area contributed by atoms with Gasteiger partial charge in [-0.1, -0.05) is 20.8 Å². The predicted octanol–water partition coefficient (Wildman–Crippen LogP) is 3.82. The average molecular weight is 177 g/mol. The second kappa shape index (κ2) is 2.15. The lowest BCUT2D eigenvalue weighted by molar-refractivity contribution is -0.0732. The van der Waals surface area contributed by atoms with Crippen molar-refractivity contribution in [3.63, 3.8) is 0 Å². The first kappa shape index (κ1) is 8.32. The first-order chi connectivity index (χ1) is 6.01. The molecular formula is C13H21. The van der Waals surface area contributed by atoms with E-state index in [1.165, 1.54) is 32.1 Å². The van der Waals surface area contributed by atoms with Gasteiger partial charge in [-0.2, -0.15) is 0 Å². The molecule has 0 N–H and O–H groups in total. The molecule has 4 unspecified atom stereocenters. The summed E-state index contributed by atoms with van der Waals surface area (Å²) in [4.78, 5) is 0. The lowest BCUT2D eigenvalue weighted by Crippen LogP contribution is -2.53. The van der Waals surface area contributed by atoms with E-state index < -0.39 is 0 Å². The van der Waals surface area contributed by atoms with Crippen LogP contribution < -0.4 is 0 Å². The second-order valence-corrected chi connectivity index (χ2v) is 6.68. The fraction of sp³-hybridized carbons (Fsp3) is 0.923. The molecule has 0 aromatic carbocycles. The maximum absolute atomic E-state index is 2.54. The van der Waals surface area contributed by atoms with E-state index in [0.717, 1.165) is 11.8 Å². The zero-order chi connectivity index (χ0) is 9.27. The number of hydrogen-bond donors (Lipinski definition) is 0. The molecule has 1 radical (unpaired) electrons. The first-order valence-electron chi connectivity index (χ1n) is 5.85. The van der Waals surface area contributed by atoms with E-state index in [9.17, 15) is 0 Å². The molecule has 0 aromatic rings. The quantitative estimate of drug-likeness (QED) is 0.527. The lowest BCUT2D eigenvalue weighted by atomic mass is 9.42. The van der Waals surface area contributed by atoms with Crippen LogP contribution in [0.1, 0.15) is 52.9 Å². The van der Waals surface area contributed by atoms with Crippen LogP contribution in [0.2, 0.25) is 0 Å². The van der Waals surface area contributed by atoms with Gasteiger partial charge in [0, 0.05) is 0 Å². The van der Waals surface area contributed by atoms with Crippen molar-refractivity contribution in [2.75, 3.05) is 0 Å². The van der Waals surface area contributed by atoms with Crippen LogP contribution in [0.3, 0.4) is 0 Å². The Kier molecular flexibility index (Phi) is 1.37. The van der Waals surface area contributed by atoms with E-state index in [4.69, 9.17) is 0 Å². The van der Waals surface area contributed by atoms with E-state index in [1.54, 1.807) is 0 Å². The molecule has 0 aromatic heterocycles. The molecule has 4 saturated carbocycles. The summed E-state index contributed by atoms with van der Waals surface area (Å²) in [5, 5.41) is 0. The average Bonchev–Trinajstić information content (AvgIpc) is 1.96. The Morgan fingerprint density at radius 1 is 1.23 bits per heavy atom. The largest absolute Gasteiger partial charge is 0.0614 e. The molecule has 4 rings (SSSR count). The standard InChI is InChI=1S/C13H21/c1-9-11-4-10-5-12(2,7-11)8-13(9,3)6-10/h9-10H,4-8H2,1-3H3. The molecule has 13 heavy (non-hydrogen) atoms. The summed E-state index contributed by atoms with van der Waals surface area (Å²) < 4.78 is 0. The number of hydrogen-bond acceptors (Lipinski definition) is 0. The van der Waals surface area contributed by atoms with E-state index in [1.807, 2.05) is 5.92 Å². The van der Waals surface area contributed by atoms with Gasteiger partial charge in [0.05, 0.1) is 0 Å². The molecule has 4 bridgehead atoms. The third-order valence-corrected chi connectivity index (χ3v) is 5.23. The Morgan fingerprint density at radius 3 is 2.62 bits per heavy atom. The Bertz CT molecular complexity index is 244. The summed E-state index contributed by atoms with van der Waals surface area (Å²) in [6, 6.07) is 0. The Morgan fingerprint density at radius 2 is 2.00 bits per heavy atom. The number of rotatable bonds is 0. The van der Waals surface area contributed by atoms with Crippen LogP contribution in [-0.2, 0) is 0 Å². The van der Waals surface area contributed by atoms with E-state index >= 15 is 0 Å². The highest BCUT2D eigenvalue weighted by atomic mass is 14.6. The van der Waals surface area contributed by atoms with Gasteiger partial charge in [0.15, 0.2) is 0 Å². The molecule has 0 aliphatic heterocycles. The Balaban J connectivity index is 2.01. The SMILES string of the molecule is CC1[C]2CC3CC(C)(C2)CC1(C)C3. The molecule has 0 amide bonds. The van der Waals surface area contributed by atoms with Gasteiger partial charge in [-0.3, -0.25) is 0 Å². The first-order valence-corrected chi connectivity index (χ1v) is 5.85.